The summed E-state index contributed by atoms with van der Waals surface area (Å²) in [6.07, 6.45) is 1.47. The van der Waals surface area contributed by atoms with Crippen LogP contribution in [0.5, 0.6) is 0 Å². The molecule has 1 saturated carbocycles. The molecular weight excluding hydrogens is 709 g/mol. The summed E-state index contributed by atoms with van der Waals surface area (Å²) in [5.41, 5.74) is 0.0833. The van der Waals surface area contributed by atoms with Gasteiger partial charge in [0, 0.05) is 34.2 Å². The van der Waals surface area contributed by atoms with Crippen molar-refractivity contribution < 1.29 is 42.9 Å². The number of methoxy groups -OCH3 is 2. The van der Waals surface area contributed by atoms with Crippen LogP contribution in [-0.4, -0.2) is 122 Å². The fourth-order valence-electron chi connectivity index (χ4n) is 8.20. The molecule has 1 aliphatic heterocycles. The number of nitrogens with zero attached hydrogens (tertiary/aromatic N) is 2. The van der Waals surface area contributed by atoms with E-state index in [0.29, 0.717) is 19.4 Å². The van der Waals surface area contributed by atoms with Crippen LogP contribution in [0.2, 0.25) is 0 Å². The highest BCUT2D eigenvalue weighted by atomic mass is 19.1. The lowest BCUT2D eigenvalue weighted by molar-refractivity contribution is -0.148. The molecule has 4 N–H and O–H groups in total. The van der Waals surface area contributed by atoms with Gasteiger partial charge in [-0.1, -0.05) is 73.1 Å². The molecule has 4 unspecified atom stereocenters. The fourth-order valence-corrected chi connectivity index (χ4v) is 8.20. The number of benzene rings is 1. The Labute approximate surface area is 326 Å². The van der Waals surface area contributed by atoms with E-state index in [1.54, 1.807) is 36.9 Å². The van der Waals surface area contributed by atoms with Gasteiger partial charge in [0.1, 0.15) is 17.9 Å². The van der Waals surface area contributed by atoms with Crippen molar-refractivity contribution in [3.05, 3.63) is 35.6 Å². The standard InChI is InChI=1S/C41H66FN5O8/c1-12-25(6)35(46(9)39(51)34(24(4)5)45-38(50)33(43-8)23(2)3)31(54-10)20-32(48)47-22-41(17-18-41)21-30(47)36(55-11)26(7)37(49)44-29(40(52)53)19-27-15-13-14-16-28(27)42/h13-16,23-26,29-31,33-36,43H,12,17-22H2,1-11H3,(H,44,49)(H,45,50)(H,52,53)/t25-,26+,29?,30?,31+,33?,34?,35-,36+/m0/s1. The van der Waals surface area contributed by atoms with Gasteiger partial charge in [0.15, 0.2) is 0 Å². The minimum absolute atomic E-state index is 0.00824. The Kier molecular flexibility index (Phi) is 16.6. The lowest BCUT2D eigenvalue weighted by atomic mass is 9.89. The maximum atomic E-state index is 14.4. The zero-order chi connectivity index (χ0) is 41.4. The molecule has 13 nitrogen and oxygen atoms in total. The first kappa shape index (κ1) is 45.8. The van der Waals surface area contributed by atoms with Crippen LogP contribution in [0.3, 0.4) is 0 Å². The summed E-state index contributed by atoms with van der Waals surface area (Å²) in [4.78, 5) is 71.0. The second-order valence-corrected chi connectivity index (χ2v) is 16.5. The van der Waals surface area contributed by atoms with E-state index in [0.717, 1.165) is 12.8 Å². The molecule has 1 aromatic rings. The minimum atomic E-state index is -1.37. The number of carboxylic acids is 1. The first-order valence-electron chi connectivity index (χ1n) is 19.7. The number of nitrogens with one attached hydrogen (secondary N) is 3. The first-order valence-corrected chi connectivity index (χ1v) is 19.7. The number of carboxylic acid groups (broad SMARTS) is 1. The van der Waals surface area contributed by atoms with Gasteiger partial charge in [-0.15, -0.1) is 0 Å². The van der Waals surface area contributed by atoms with Gasteiger partial charge in [0.05, 0.1) is 42.7 Å². The summed E-state index contributed by atoms with van der Waals surface area (Å²) in [5, 5.41) is 18.5. The lowest BCUT2D eigenvalue weighted by Gasteiger charge is -2.41. The van der Waals surface area contributed by atoms with Crippen molar-refractivity contribution in [3.8, 4) is 0 Å². The van der Waals surface area contributed by atoms with Crippen LogP contribution in [-0.2, 0) is 39.9 Å². The van der Waals surface area contributed by atoms with Crippen molar-refractivity contribution >= 4 is 29.6 Å². The molecule has 0 radical (unpaired) electrons. The van der Waals surface area contributed by atoms with E-state index in [4.69, 9.17) is 9.47 Å². The van der Waals surface area contributed by atoms with Crippen LogP contribution in [0.25, 0.3) is 0 Å². The maximum absolute atomic E-state index is 14.4. The molecule has 14 heteroatoms. The fraction of sp³-hybridized carbons (Fsp3) is 0.732. The third-order valence-corrected chi connectivity index (χ3v) is 12.0. The smallest absolute Gasteiger partial charge is 0.326 e. The van der Waals surface area contributed by atoms with E-state index in [9.17, 15) is 33.5 Å². The number of aliphatic carboxylic acids is 1. The first-order chi connectivity index (χ1) is 25.9. The number of rotatable bonds is 21. The van der Waals surface area contributed by atoms with Crippen molar-refractivity contribution in [2.24, 2.45) is 29.1 Å². The van der Waals surface area contributed by atoms with Gasteiger partial charge in [0.25, 0.3) is 0 Å². The Bertz CT molecular complexity index is 1490. The summed E-state index contributed by atoms with van der Waals surface area (Å²) in [6, 6.07) is 2.21. The quantitative estimate of drug-likeness (QED) is 0.146. The highest BCUT2D eigenvalue weighted by molar-refractivity contribution is 5.90. The van der Waals surface area contributed by atoms with Crippen LogP contribution >= 0.6 is 0 Å². The summed E-state index contributed by atoms with van der Waals surface area (Å²) in [7, 11) is 6.42. The number of halogens is 1. The number of hydrogen-bond acceptors (Lipinski definition) is 8. The highest BCUT2D eigenvalue weighted by Gasteiger charge is 2.56. The molecule has 1 aromatic carbocycles. The van der Waals surface area contributed by atoms with Crippen molar-refractivity contribution in [3.63, 3.8) is 0 Å². The van der Waals surface area contributed by atoms with Crippen molar-refractivity contribution in [1.29, 1.82) is 0 Å². The second kappa shape index (κ2) is 20.0. The van der Waals surface area contributed by atoms with E-state index in [-0.39, 0.29) is 59.3 Å². The Morgan fingerprint density at radius 2 is 1.58 bits per heavy atom. The number of likely N-dealkylation sites (tertiary alicyclic amines) is 1. The Morgan fingerprint density at radius 1 is 0.964 bits per heavy atom. The molecule has 1 saturated heterocycles. The molecule has 1 heterocycles. The number of carbonyl (C=O) groups excluding carboxylic acids is 4. The predicted molar refractivity (Wildman–Crippen MR) is 207 cm³/mol. The molecule has 1 spiro atoms. The summed E-state index contributed by atoms with van der Waals surface area (Å²) in [6.45, 7) is 13.8. The average molecular weight is 776 g/mol. The van der Waals surface area contributed by atoms with Gasteiger partial charge in [0.2, 0.25) is 23.6 Å². The number of likely N-dealkylation sites (N-methyl/N-ethyl adjacent to an activating group) is 2. The Balaban J connectivity index is 1.83. The summed E-state index contributed by atoms with van der Waals surface area (Å²) < 4.78 is 26.3. The molecule has 9 atom stereocenters. The van der Waals surface area contributed by atoms with Gasteiger partial charge in [-0.3, -0.25) is 19.2 Å². The van der Waals surface area contributed by atoms with E-state index in [1.807, 2.05) is 41.5 Å². The molecule has 2 fully saturated rings. The predicted octanol–water partition coefficient (Wildman–Crippen LogP) is 3.63. The second-order valence-electron chi connectivity index (χ2n) is 16.5. The Morgan fingerprint density at radius 3 is 2.07 bits per heavy atom. The van der Waals surface area contributed by atoms with Gasteiger partial charge in [-0.25, -0.2) is 9.18 Å². The Hall–Kier alpha value is -3.62. The third kappa shape index (κ3) is 11.3. The van der Waals surface area contributed by atoms with Gasteiger partial charge < -0.3 is 40.3 Å². The molecule has 1 aliphatic carbocycles. The topological polar surface area (TPSA) is 167 Å². The monoisotopic (exact) mass is 775 g/mol. The van der Waals surface area contributed by atoms with Crippen LogP contribution < -0.4 is 16.0 Å². The number of carbonyl (C=O) groups is 5. The van der Waals surface area contributed by atoms with Crippen LogP contribution in [0, 0.1) is 34.9 Å². The lowest BCUT2D eigenvalue weighted by Crippen LogP contribution is -2.59. The number of hydrogen-bond donors (Lipinski definition) is 4. The minimum Gasteiger partial charge on any atom is -0.480 e. The van der Waals surface area contributed by atoms with Crippen molar-refractivity contribution in [1.82, 2.24) is 25.8 Å². The molecule has 55 heavy (non-hydrogen) atoms. The SMILES string of the molecule is CC[C@H](C)[C@@H]([C@@H](CC(=O)N1CC2(CC2)CC1[C@H](OC)[C@@H](C)C(=O)NC(Cc1ccccc1F)C(=O)O)OC)N(C)C(=O)C(NC(=O)C(NC)C(C)C)C(C)C. The highest BCUT2D eigenvalue weighted by Crippen LogP contribution is 2.56. The zero-order valence-electron chi connectivity index (χ0n) is 34.7. The van der Waals surface area contributed by atoms with E-state index in [1.165, 1.54) is 32.4 Å². The van der Waals surface area contributed by atoms with E-state index < -0.39 is 66.0 Å². The maximum Gasteiger partial charge on any atom is 0.326 e. The van der Waals surface area contributed by atoms with E-state index in [2.05, 4.69) is 16.0 Å². The van der Waals surface area contributed by atoms with Crippen LogP contribution in [0.15, 0.2) is 24.3 Å². The molecule has 310 valence electrons. The molecular formula is C41H66FN5O8. The zero-order valence-corrected chi connectivity index (χ0v) is 34.7. The number of ether oxygens (including phenoxy) is 2. The summed E-state index contributed by atoms with van der Waals surface area (Å²) >= 11 is 0. The molecule has 0 bridgehead atoms. The van der Waals surface area contributed by atoms with Crippen molar-refractivity contribution in [2.75, 3.05) is 34.9 Å². The molecule has 0 aromatic heterocycles. The van der Waals surface area contributed by atoms with E-state index >= 15 is 0 Å². The van der Waals surface area contributed by atoms with Gasteiger partial charge in [-0.05, 0) is 61.1 Å². The van der Waals surface area contributed by atoms with Crippen LogP contribution in [0.4, 0.5) is 4.39 Å². The van der Waals surface area contributed by atoms with Crippen molar-refractivity contribution in [2.45, 2.75) is 129 Å². The van der Waals surface area contributed by atoms with Gasteiger partial charge in [-0.2, -0.15) is 0 Å². The normalized spacial score (nSPS) is 20.6. The molecule has 2 aliphatic rings. The molecule has 3 rings (SSSR count). The number of amides is 4. The third-order valence-electron chi connectivity index (χ3n) is 12.0. The van der Waals surface area contributed by atoms with Crippen LogP contribution in [0.1, 0.15) is 86.1 Å². The molecule has 4 amide bonds. The summed E-state index contributed by atoms with van der Waals surface area (Å²) in [5.74, 6) is -4.28. The van der Waals surface area contributed by atoms with Gasteiger partial charge >= 0.3 is 5.97 Å². The average Bonchev–Trinajstić information content (AvgIpc) is 3.79. The largest absolute Gasteiger partial charge is 0.480 e.